The highest BCUT2D eigenvalue weighted by Crippen LogP contribution is 2.36. The fourth-order valence-corrected chi connectivity index (χ4v) is 4.07. The Kier molecular flexibility index (Phi) is 6.31. The van der Waals surface area contributed by atoms with Gasteiger partial charge in [-0.3, -0.25) is 10.1 Å². The average Bonchev–Trinajstić information content (AvgIpc) is 2.75. The lowest BCUT2D eigenvalue weighted by Crippen LogP contribution is -2.47. The van der Waals surface area contributed by atoms with Crippen LogP contribution < -0.4 is 15.1 Å². The summed E-state index contributed by atoms with van der Waals surface area (Å²) in [7, 11) is 0. The van der Waals surface area contributed by atoms with E-state index in [2.05, 4.69) is 20.2 Å². The Morgan fingerprint density at radius 2 is 1.65 bits per heavy atom. The number of hydrogen-bond acceptors (Lipinski definition) is 7. The predicted octanol–water partition coefficient (Wildman–Crippen LogP) is 5.42. The van der Waals surface area contributed by atoms with E-state index in [9.17, 15) is 10.1 Å². The first-order chi connectivity index (χ1) is 14.9. The van der Waals surface area contributed by atoms with Crippen LogP contribution in [0.15, 0.2) is 48.8 Å². The van der Waals surface area contributed by atoms with Crippen molar-refractivity contribution in [1.82, 2.24) is 9.97 Å². The molecule has 0 unspecified atom stereocenters. The highest BCUT2D eigenvalue weighted by molar-refractivity contribution is 6.36. The van der Waals surface area contributed by atoms with E-state index in [4.69, 9.17) is 34.8 Å². The van der Waals surface area contributed by atoms with Crippen LogP contribution in [0.5, 0.6) is 0 Å². The number of hydrogen-bond donors (Lipinski definition) is 1. The molecule has 0 saturated carbocycles. The summed E-state index contributed by atoms with van der Waals surface area (Å²) in [6, 6.07) is 12.5. The molecule has 0 spiro atoms. The molecule has 11 heteroatoms. The van der Waals surface area contributed by atoms with Crippen LogP contribution in [0.3, 0.4) is 0 Å². The number of nitro groups is 1. The molecule has 0 amide bonds. The molecule has 2 aromatic carbocycles. The number of rotatable bonds is 5. The van der Waals surface area contributed by atoms with Crippen molar-refractivity contribution in [3.8, 4) is 0 Å². The van der Waals surface area contributed by atoms with Crippen molar-refractivity contribution < 1.29 is 4.92 Å². The van der Waals surface area contributed by atoms with E-state index in [1.807, 2.05) is 29.2 Å². The lowest BCUT2D eigenvalue weighted by atomic mass is 10.2. The van der Waals surface area contributed by atoms with Crippen LogP contribution in [0.4, 0.5) is 28.7 Å². The molecule has 2 heterocycles. The molecular weight excluding hydrogens is 463 g/mol. The van der Waals surface area contributed by atoms with Gasteiger partial charge in [-0.2, -0.15) is 0 Å². The molecule has 0 bridgehead atoms. The van der Waals surface area contributed by atoms with Crippen LogP contribution in [0.1, 0.15) is 0 Å². The molecule has 160 valence electrons. The van der Waals surface area contributed by atoms with Gasteiger partial charge in [0, 0.05) is 41.9 Å². The molecule has 1 N–H and O–H groups in total. The number of halogens is 3. The topological polar surface area (TPSA) is 87.4 Å². The number of benzene rings is 2. The smallest absolute Gasteiger partial charge is 0.353 e. The molecule has 31 heavy (non-hydrogen) atoms. The van der Waals surface area contributed by atoms with Crippen LogP contribution >= 0.6 is 34.8 Å². The van der Waals surface area contributed by atoms with Gasteiger partial charge >= 0.3 is 5.69 Å². The largest absolute Gasteiger partial charge is 0.368 e. The average molecular weight is 480 g/mol. The lowest BCUT2D eigenvalue weighted by Gasteiger charge is -2.36. The fraction of sp³-hybridized carbons (Fsp3) is 0.200. The van der Waals surface area contributed by atoms with Gasteiger partial charge in [0.1, 0.15) is 6.33 Å². The van der Waals surface area contributed by atoms with Gasteiger partial charge < -0.3 is 15.1 Å². The predicted molar refractivity (Wildman–Crippen MR) is 124 cm³/mol. The van der Waals surface area contributed by atoms with Gasteiger partial charge in [0.25, 0.3) is 0 Å². The number of aromatic nitrogens is 2. The molecule has 0 aliphatic carbocycles. The summed E-state index contributed by atoms with van der Waals surface area (Å²) in [5.74, 6) is 0.329. The summed E-state index contributed by atoms with van der Waals surface area (Å²) in [5, 5.41) is 16.3. The van der Waals surface area contributed by atoms with Crippen molar-refractivity contribution >= 4 is 63.5 Å². The minimum atomic E-state index is -0.481. The van der Waals surface area contributed by atoms with Crippen molar-refractivity contribution in [2.75, 3.05) is 41.3 Å². The standard InChI is InChI=1S/C20H17Cl3N6O2/c21-13-2-1-3-15(10-13)27-6-8-28(9-7-27)20-18(29(30)31)19(24-12-25-20)26-17-5-4-14(22)11-16(17)23/h1-5,10-12H,6-9H2,(H,24,25,26). The van der Waals surface area contributed by atoms with E-state index in [1.165, 1.54) is 6.33 Å². The van der Waals surface area contributed by atoms with Crippen molar-refractivity contribution in [3.05, 3.63) is 74.0 Å². The zero-order valence-corrected chi connectivity index (χ0v) is 18.4. The van der Waals surface area contributed by atoms with Crippen LogP contribution in [0.25, 0.3) is 0 Å². The molecule has 4 rings (SSSR count). The Hall–Kier alpha value is -2.81. The molecule has 1 aromatic heterocycles. The number of piperazine rings is 1. The fourth-order valence-electron chi connectivity index (χ4n) is 3.43. The third-order valence-corrected chi connectivity index (χ3v) is 5.71. The maximum absolute atomic E-state index is 11.9. The maximum atomic E-state index is 11.9. The van der Waals surface area contributed by atoms with Crippen molar-refractivity contribution in [2.24, 2.45) is 0 Å². The summed E-state index contributed by atoms with van der Waals surface area (Å²) < 4.78 is 0. The van der Waals surface area contributed by atoms with Gasteiger partial charge in [-0.15, -0.1) is 0 Å². The Balaban J connectivity index is 1.58. The zero-order valence-electron chi connectivity index (χ0n) is 16.1. The van der Waals surface area contributed by atoms with E-state index in [1.54, 1.807) is 18.2 Å². The molecule has 1 fully saturated rings. The SMILES string of the molecule is O=[N+]([O-])c1c(Nc2ccc(Cl)cc2Cl)ncnc1N1CCN(c2cccc(Cl)c2)CC1. The summed E-state index contributed by atoms with van der Waals surface area (Å²) in [6.07, 6.45) is 1.30. The second-order valence-corrected chi connectivity index (χ2v) is 8.13. The van der Waals surface area contributed by atoms with Crippen molar-refractivity contribution in [3.63, 3.8) is 0 Å². The molecule has 8 nitrogen and oxygen atoms in total. The van der Waals surface area contributed by atoms with E-state index >= 15 is 0 Å². The molecular formula is C20H17Cl3N6O2. The summed E-state index contributed by atoms with van der Waals surface area (Å²) in [6.45, 7) is 2.47. The molecule has 0 radical (unpaired) electrons. The molecule has 1 aliphatic heterocycles. The monoisotopic (exact) mass is 478 g/mol. The number of nitrogens with one attached hydrogen (secondary N) is 1. The third-order valence-electron chi connectivity index (χ3n) is 4.92. The normalized spacial score (nSPS) is 13.9. The van der Waals surface area contributed by atoms with Crippen molar-refractivity contribution in [2.45, 2.75) is 0 Å². The van der Waals surface area contributed by atoms with Gasteiger partial charge in [-0.1, -0.05) is 40.9 Å². The van der Waals surface area contributed by atoms with E-state index < -0.39 is 4.92 Å². The summed E-state index contributed by atoms with van der Waals surface area (Å²) >= 11 is 18.2. The van der Waals surface area contributed by atoms with Crippen molar-refractivity contribution in [1.29, 1.82) is 0 Å². The van der Waals surface area contributed by atoms with Gasteiger partial charge in [-0.05, 0) is 36.4 Å². The summed E-state index contributed by atoms with van der Waals surface area (Å²) in [4.78, 5) is 23.8. The Labute approximate surface area is 193 Å². The summed E-state index contributed by atoms with van der Waals surface area (Å²) in [5.41, 5.74) is 1.28. The van der Waals surface area contributed by atoms with Crippen LogP contribution in [-0.4, -0.2) is 41.1 Å². The van der Waals surface area contributed by atoms with E-state index in [0.29, 0.717) is 46.9 Å². The highest BCUT2D eigenvalue weighted by Gasteiger charge is 2.29. The van der Waals surface area contributed by atoms with Gasteiger partial charge in [0.2, 0.25) is 11.6 Å². The lowest BCUT2D eigenvalue weighted by molar-refractivity contribution is -0.383. The van der Waals surface area contributed by atoms with Gasteiger partial charge in [0.05, 0.1) is 15.6 Å². The van der Waals surface area contributed by atoms with Gasteiger partial charge in [0.15, 0.2) is 0 Å². The second kappa shape index (κ2) is 9.13. The zero-order chi connectivity index (χ0) is 22.0. The Bertz CT molecular complexity index is 1120. The minimum absolute atomic E-state index is 0.0662. The maximum Gasteiger partial charge on any atom is 0.353 e. The first-order valence-corrected chi connectivity index (χ1v) is 10.5. The van der Waals surface area contributed by atoms with Crippen LogP contribution in [-0.2, 0) is 0 Å². The number of nitrogens with zero attached hydrogens (tertiary/aromatic N) is 5. The van der Waals surface area contributed by atoms with E-state index in [-0.39, 0.29) is 17.3 Å². The van der Waals surface area contributed by atoms with Crippen LogP contribution in [0, 0.1) is 10.1 Å². The van der Waals surface area contributed by atoms with E-state index in [0.717, 1.165) is 5.69 Å². The Morgan fingerprint density at radius 3 is 2.32 bits per heavy atom. The minimum Gasteiger partial charge on any atom is -0.368 e. The number of anilines is 4. The first kappa shape index (κ1) is 21.4. The highest BCUT2D eigenvalue weighted by atomic mass is 35.5. The quantitative estimate of drug-likeness (QED) is 0.386. The molecule has 3 aromatic rings. The molecule has 1 aliphatic rings. The second-order valence-electron chi connectivity index (χ2n) is 6.85. The first-order valence-electron chi connectivity index (χ1n) is 9.39. The molecule has 0 atom stereocenters. The van der Waals surface area contributed by atoms with Gasteiger partial charge in [-0.25, -0.2) is 9.97 Å². The van der Waals surface area contributed by atoms with Crippen LogP contribution in [0.2, 0.25) is 15.1 Å². The Morgan fingerprint density at radius 1 is 0.935 bits per heavy atom. The third kappa shape index (κ3) is 4.76. The molecule has 1 saturated heterocycles.